The van der Waals surface area contributed by atoms with Crippen LogP contribution in [-0.2, 0) is 19.4 Å². The van der Waals surface area contributed by atoms with Crippen LogP contribution in [0.2, 0.25) is 0 Å². The van der Waals surface area contributed by atoms with Gasteiger partial charge in [0.15, 0.2) is 0 Å². The predicted octanol–water partition coefficient (Wildman–Crippen LogP) is 0.721. The van der Waals surface area contributed by atoms with Crippen molar-refractivity contribution in [1.29, 1.82) is 0 Å². The summed E-state index contributed by atoms with van der Waals surface area (Å²) in [7, 11) is 0. The van der Waals surface area contributed by atoms with Gasteiger partial charge in [-0.15, -0.1) is 0 Å². The summed E-state index contributed by atoms with van der Waals surface area (Å²) >= 11 is 0. The summed E-state index contributed by atoms with van der Waals surface area (Å²) in [5, 5.41) is 0. The second-order valence-corrected chi connectivity index (χ2v) is 3.34. The fraction of sp³-hybridized carbons (Fsp3) is 0.667. The molecule has 0 radical (unpaired) electrons. The number of hydrogen-bond donors (Lipinski definition) is 1. The van der Waals surface area contributed by atoms with E-state index in [2.05, 4.69) is 15.7 Å². The Morgan fingerprint density at radius 3 is 3.25 bits per heavy atom. The summed E-state index contributed by atoms with van der Waals surface area (Å²) in [6.07, 6.45) is 6.69. The molecule has 0 saturated heterocycles. The highest BCUT2D eigenvalue weighted by molar-refractivity contribution is 5.07. The standard InChI is InChI=1S/C9H15N3/c10-5-1-3-8-7-12-6-2-4-9(12)11-8/h7H,1-6,10H2. The van der Waals surface area contributed by atoms with Gasteiger partial charge in [-0.3, -0.25) is 0 Å². The second-order valence-electron chi connectivity index (χ2n) is 3.34. The monoisotopic (exact) mass is 165 g/mol. The zero-order valence-corrected chi connectivity index (χ0v) is 7.29. The first-order valence-corrected chi connectivity index (χ1v) is 4.65. The maximum Gasteiger partial charge on any atom is 0.109 e. The Bertz CT molecular complexity index is 243. The topological polar surface area (TPSA) is 43.8 Å². The lowest BCUT2D eigenvalue weighted by molar-refractivity contribution is 0.741. The first-order valence-electron chi connectivity index (χ1n) is 4.65. The van der Waals surface area contributed by atoms with Gasteiger partial charge >= 0.3 is 0 Å². The van der Waals surface area contributed by atoms with Gasteiger partial charge < -0.3 is 10.3 Å². The van der Waals surface area contributed by atoms with Crippen molar-refractivity contribution >= 4 is 0 Å². The number of rotatable bonds is 3. The summed E-state index contributed by atoms with van der Waals surface area (Å²) in [5.74, 6) is 1.27. The fourth-order valence-corrected chi connectivity index (χ4v) is 1.72. The van der Waals surface area contributed by atoms with Crippen LogP contribution in [0.3, 0.4) is 0 Å². The van der Waals surface area contributed by atoms with Crippen LogP contribution >= 0.6 is 0 Å². The van der Waals surface area contributed by atoms with E-state index in [0.29, 0.717) is 0 Å². The zero-order chi connectivity index (χ0) is 8.39. The summed E-state index contributed by atoms with van der Waals surface area (Å²) in [6.45, 7) is 1.92. The molecule has 0 aromatic carbocycles. The number of fused-ring (bicyclic) bond motifs is 1. The molecule has 1 aromatic heterocycles. The predicted molar refractivity (Wildman–Crippen MR) is 47.9 cm³/mol. The van der Waals surface area contributed by atoms with E-state index in [0.717, 1.165) is 32.4 Å². The van der Waals surface area contributed by atoms with Gasteiger partial charge in [0.25, 0.3) is 0 Å². The van der Waals surface area contributed by atoms with Gasteiger partial charge in [-0.2, -0.15) is 0 Å². The smallest absolute Gasteiger partial charge is 0.109 e. The van der Waals surface area contributed by atoms with E-state index in [1.54, 1.807) is 0 Å². The third-order valence-corrected chi connectivity index (χ3v) is 2.35. The minimum Gasteiger partial charge on any atom is -0.335 e. The molecule has 0 unspecified atom stereocenters. The quantitative estimate of drug-likeness (QED) is 0.717. The number of aromatic nitrogens is 2. The average Bonchev–Trinajstić information content (AvgIpc) is 2.58. The molecule has 2 N–H and O–H groups in total. The largest absolute Gasteiger partial charge is 0.335 e. The van der Waals surface area contributed by atoms with Crippen molar-refractivity contribution in [2.45, 2.75) is 32.2 Å². The lowest BCUT2D eigenvalue weighted by Gasteiger charge is -1.92. The maximum atomic E-state index is 5.43. The maximum absolute atomic E-state index is 5.43. The molecule has 3 heteroatoms. The highest BCUT2D eigenvalue weighted by atomic mass is 15.1. The normalized spacial score (nSPS) is 15.1. The van der Waals surface area contributed by atoms with Crippen molar-refractivity contribution in [3.05, 3.63) is 17.7 Å². The van der Waals surface area contributed by atoms with Crippen LogP contribution in [0.5, 0.6) is 0 Å². The Morgan fingerprint density at radius 1 is 1.58 bits per heavy atom. The van der Waals surface area contributed by atoms with E-state index in [1.165, 1.54) is 17.9 Å². The Kier molecular flexibility index (Phi) is 2.13. The molecule has 0 spiro atoms. The molecule has 1 aromatic rings. The molecule has 66 valence electrons. The van der Waals surface area contributed by atoms with Crippen LogP contribution in [0.1, 0.15) is 24.4 Å². The highest BCUT2D eigenvalue weighted by Crippen LogP contribution is 2.14. The SMILES string of the molecule is NCCCc1cn2c(n1)CCC2. The van der Waals surface area contributed by atoms with Crippen molar-refractivity contribution in [3.63, 3.8) is 0 Å². The fourth-order valence-electron chi connectivity index (χ4n) is 1.72. The Labute approximate surface area is 72.6 Å². The molecule has 0 bridgehead atoms. The number of imidazole rings is 1. The van der Waals surface area contributed by atoms with E-state index >= 15 is 0 Å². The van der Waals surface area contributed by atoms with E-state index in [-0.39, 0.29) is 0 Å². The summed E-state index contributed by atoms with van der Waals surface area (Å²) in [5.41, 5.74) is 6.65. The van der Waals surface area contributed by atoms with E-state index in [4.69, 9.17) is 5.73 Å². The van der Waals surface area contributed by atoms with E-state index in [9.17, 15) is 0 Å². The Balaban J connectivity index is 2.05. The molecule has 1 aliphatic rings. The lowest BCUT2D eigenvalue weighted by Crippen LogP contribution is -2.00. The minimum atomic E-state index is 0.766. The molecule has 2 heterocycles. The van der Waals surface area contributed by atoms with Crippen molar-refractivity contribution < 1.29 is 0 Å². The van der Waals surface area contributed by atoms with Crippen LogP contribution in [0.25, 0.3) is 0 Å². The van der Waals surface area contributed by atoms with E-state index in [1.807, 2.05) is 0 Å². The molecule has 2 rings (SSSR count). The molecule has 3 nitrogen and oxygen atoms in total. The van der Waals surface area contributed by atoms with Gasteiger partial charge in [-0.05, 0) is 25.8 Å². The molecule has 0 amide bonds. The van der Waals surface area contributed by atoms with E-state index < -0.39 is 0 Å². The third kappa shape index (κ3) is 1.37. The minimum absolute atomic E-state index is 0.766. The molecular formula is C9H15N3. The van der Waals surface area contributed by atoms with Crippen molar-refractivity contribution in [2.75, 3.05) is 6.54 Å². The van der Waals surface area contributed by atoms with Crippen molar-refractivity contribution in [2.24, 2.45) is 5.73 Å². The Hall–Kier alpha value is -0.830. The number of hydrogen-bond acceptors (Lipinski definition) is 2. The molecule has 0 saturated carbocycles. The molecule has 0 aliphatic carbocycles. The van der Waals surface area contributed by atoms with Crippen LogP contribution < -0.4 is 5.73 Å². The Morgan fingerprint density at radius 2 is 2.50 bits per heavy atom. The van der Waals surface area contributed by atoms with Crippen molar-refractivity contribution in [3.8, 4) is 0 Å². The van der Waals surface area contributed by atoms with Crippen LogP contribution in [0.4, 0.5) is 0 Å². The second kappa shape index (κ2) is 3.27. The van der Waals surface area contributed by atoms with Gasteiger partial charge in [0.1, 0.15) is 5.82 Å². The van der Waals surface area contributed by atoms with Gasteiger partial charge in [0.05, 0.1) is 5.69 Å². The van der Waals surface area contributed by atoms with Gasteiger partial charge in [-0.1, -0.05) is 0 Å². The first-order chi connectivity index (χ1) is 5.90. The molecule has 1 aliphatic heterocycles. The summed E-state index contributed by atoms with van der Waals surface area (Å²) in [4.78, 5) is 4.54. The highest BCUT2D eigenvalue weighted by Gasteiger charge is 2.12. The van der Waals surface area contributed by atoms with Crippen LogP contribution in [-0.4, -0.2) is 16.1 Å². The number of nitrogens with zero attached hydrogens (tertiary/aromatic N) is 2. The molecule has 12 heavy (non-hydrogen) atoms. The van der Waals surface area contributed by atoms with Gasteiger partial charge in [-0.25, -0.2) is 4.98 Å². The van der Waals surface area contributed by atoms with Gasteiger partial charge in [0, 0.05) is 19.2 Å². The molecular weight excluding hydrogens is 150 g/mol. The first kappa shape index (κ1) is 7.80. The van der Waals surface area contributed by atoms with Crippen molar-refractivity contribution in [1.82, 2.24) is 9.55 Å². The number of nitrogens with two attached hydrogens (primary N) is 1. The average molecular weight is 165 g/mol. The molecule has 0 atom stereocenters. The summed E-state index contributed by atoms with van der Waals surface area (Å²) in [6, 6.07) is 0. The zero-order valence-electron chi connectivity index (χ0n) is 7.29. The third-order valence-electron chi connectivity index (χ3n) is 2.35. The van der Waals surface area contributed by atoms with Gasteiger partial charge in [0.2, 0.25) is 0 Å². The molecule has 0 fully saturated rings. The summed E-state index contributed by atoms with van der Waals surface area (Å²) < 4.78 is 2.27. The van der Waals surface area contributed by atoms with Crippen LogP contribution in [0, 0.1) is 0 Å². The number of aryl methyl sites for hydroxylation is 3. The van der Waals surface area contributed by atoms with Crippen LogP contribution in [0.15, 0.2) is 6.20 Å². The lowest BCUT2D eigenvalue weighted by atomic mass is 10.2.